The van der Waals surface area contributed by atoms with Crippen molar-refractivity contribution >= 4 is 22.5 Å². The van der Waals surface area contributed by atoms with E-state index in [0.29, 0.717) is 22.8 Å². The Kier molecular flexibility index (Phi) is 9.18. The molecule has 2 heterocycles. The molecule has 0 bridgehead atoms. The minimum Gasteiger partial charge on any atom is -0.497 e. The van der Waals surface area contributed by atoms with Crippen molar-refractivity contribution in [2.24, 2.45) is 5.41 Å². The largest absolute Gasteiger partial charge is 0.497 e. The second-order valence-corrected chi connectivity index (χ2v) is 10.4. The highest BCUT2D eigenvalue weighted by molar-refractivity contribution is 6.32. The van der Waals surface area contributed by atoms with Crippen LogP contribution in [0.3, 0.4) is 0 Å². The van der Waals surface area contributed by atoms with Gasteiger partial charge in [0.15, 0.2) is 0 Å². The first kappa shape index (κ1) is 26.8. The number of hydrogen-bond donors (Lipinski definition) is 2. The molecule has 194 valence electrons. The van der Waals surface area contributed by atoms with Gasteiger partial charge in [-0.1, -0.05) is 23.7 Å². The third-order valence-electron chi connectivity index (χ3n) is 7.70. The molecule has 0 unspecified atom stereocenters. The Hall–Kier alpha value is -2.25. The number of fused-ring (bicyclic) bond motifs is 1. The van der Waals surface area contributed by atoms with Gasteiger partial charge >= 0.3 is 0 Å². The molecule has 7 heteroatoms. The number of ether oxygens (including phenoxy) is 1. The average molecular weight is 515 g/mol. The number of methoxy groups -OCH3 is 1. The maximum atomic E-state index is 13.1. The van der Waals surface area contributed by atoms with E-state index in [1.165, 1.54) is 17.7 Å². The molecule has 1 aromatic heterocycles. The van der Waals surface area contributed by atoms with Crippen molar-refractivity contribution in [2.45, 2.75) is 51.0 Å². The summed E-state index contributed by atoms with van der Waals surface area (Å²) in [5.74, 6) is 0.501. The van der Waals surface area contributed by atoms with Gasteiger partial charge in [-0.05, 0) is 106 Å². The quantitative estimate of drug-likeness (QED) is 0.310. The van der Waals surface area contributed by atoms with Gasteiger partial charge in [0.05, 0.1) is 23.8 Å². The number of benzene rings is 2. The molecule has 0 aliphatic carbocycles. The van der Waals surface area contributed by atoms with Crippen LogP contribution >= 0.6 is 11.6 Å². The van der Waals surface area contributed by atoms with E-state index < -0.39 is 6.10 Å². The molecular weight excluding hydrogens is 479 g/mol. The van der Waals surface area contributed by atoms with Crippen molar-refractivity contribution in [2.75, 3.05) is 33.4 Å². The normalized spacial score (nSPS) is 16.8. The molecule has 1 aliphatic rings. The minimum absolute atomic E-state index is 0.122. The van der Waals surface area contributed by atoms with Crippen molar-refractivity contribution in [3.8, 4) is 5.75 Å². The number of nitrogens with zero attached hydrogens (tertiary/aromatic N) is 2. The van der Waals surface area contributed by atoms with Gasteiger partial charge in [-0.2, -0.15) is 0 Å². The molecule has 5 nitrogen and oxygen atoms in total. The van der Waals surface area contributed by atoms with Gasteiger partial charge in [0, 0.05) is 23.8 Å². The molecule has 2 N–H and O–H groups in total. The lowest BCUT2D eigenvalue weighted by Gasteiger charge is -2.41. The molecule has 0 spiro atoms. The summed E-state index contributed by atoms with van der Waals surface area (Å²) in [6.07, 6.45) is 7.05. The van der Waals surface area contributed by atoms with Crippen molar-refractivity contribution in [3.05, 3.63) is 70.6 Å². The van der Waals surface area contributed by atoms with Gasteiger partial charge in [0.1, 0.15) is 11.6 Å². The number of hydrogen-bond acceptors (Lipinski definition) is 5. The molecule has 4 rings (SSSR count). The summed E-state index contributed by atoms with van der Waals surface area (Å²) in [7, 11) is 1.61. The van der Waals surface area contributed by atoms with Crippen LogP contribution < -0.4 is 4.74 Å². The Morgan fingerprint density at radius 3 is 2.58 bits per heavy atom. The third kappa shape index (κ3) is 6.54. The summed E-state index contributed by atoms with van der Waals surface area (Å²) in [6.45, 7) is 3.05. The molecule has 0 amide bonds. The second-order valence-electron chi connectivity index (χ2n) is 10.0. The Morgan fingerprint density at radius 2 is 1.89 bits per heavy atom. The van der Waals surface area contributed by atoms with E-state index in [1.807, 2.05) is 30.3 Å². The second kappa shape index (κ2) is 12.3. The number of aliphatic hydroxyl groups is 2. The molecule has 2 aromatic carbocycles. The third-order valence-corrected chi connectivity index (χ3v) is 8.01. The van der Waals surface area contributed by atoms with Crippen LogP contribution in [-0.4, -0.2) is 53.4 Å². The van der Waals surface area contributed by atoms with E-state index >= 15 is 0 Å². The van der Waals surface area contributed by atoms with Crippen LogP contribution in [0.15, 0.2) is 48.7 Å². The molecule has 1 aliphatic heterocycles. The van der Waals surface area contributed by atoms with Crippen molar-refractivity contribution in [1.82, 2.24) is 9.88 Å². The number of piperidine rings is 1. The number of pyridine rings is 1. The highest BCUT2D eigenvalue weighted by Gasteiger charge is 2.34. The van der Waals surface area contributed by atoms with Crippen molar-refractivity contribution in [3.63, 3.8) is 0 Å². The van der Waals surface area contributed by atoms with E-state index in [9.17, 15) is 14.6 Å². The number of unbranched alkanes of at least 4 members (excludes halogenated alkanes) is 1. The summed E-state index contributed by atoms with van der Waals surface area (Å²) in [4.78, 5) is 6.85. The number of aliphatic hydroxyl groups excluding tert-OH is 2. The first-order valence-electron chi connectivity index (χ1n) is 12.8. The van der Waals surface area contributed by atoms with Crippen LogP contribution in [0.4, 0.5) is 4.39 Å². The summed E-state index contributed by atoms with van der Waals surface area (Å²) in [5.41, 5.74) is 2.43. The number of aryl methyl sites for hydroxylation is 1. The van der Waals surface area contributed by atoms with Crippen LogP contribution in [0.2, 0.25) is 5.02 Å². The highest BCUT2D eigenvalue weighted by atomic mass is 35.5. The van der Waals surface area contributed by atoms with Crippen LogP contribution in [0.1, 0.15) is 55.8 Å². The van der Waals surface area contributed by atoms with Crippen LogP contribution in [0.25, 0.3) is 10.9 Å². The fraction of sp³-hybridized carbons (Fsp3) is 0.483. The zero-order valence-corrected chi connectivity index (χ0v) is 21.7. The van der Waals surface area contributed by atoms with Crippen LogP contribution in [0, 0.1) is 11.2 Å². The van der Waals surface area contributed by atoms with Gasteiger partial charge in [-0.3, -0.25) is 4.98 Å². The molecule has 0 radical (unpaired) electrons. The van der Waals surface area contributed by atoms with E-state index in [0.717, 1.165) is 69.1 Å². The smallest absolute Gasteiger partial charge is 0.123 e. The first-order chi connectivity index (χ1) is 17.4. The van der Waals surface area contributed by atoms with Crippen LogP contribution in [-0.2, 0) is 6.42 Å². The molecule has 3 aromatic rings. The molecule has 1 fully saturated rings. The molecule has 1 atom stereocenters. The summed E-state index contributed by atoms with van der Waals surface area (Å²) >= 11 is 6.47. The first-order valence-corrected chi connectivity index (χ1v) is 13.2. The topological polar surface area (TPSA) is 65.8 Å². The summed E-state index contributed by atoms with van der Waals surface area (Å²) < 4.78 is 18.4. The predicted octanol–water partition coefficient (Wildman–Crippen LogP) is 5.95. The Bertz CT molecular complexity index is 1130. The fourth-order valence-corrected chi connectivity index (χ4v) is 5.55. The monoisotopic (exact) mass is 514 g/mol. The lowest BCUT2D eigenvalue weighted by atomic mass is 9.74. The zero-order valence-electron chi connectivity index (χ0n) is 20.9. The van der Waals surface area contributed by atoms with Crippen molar-refractivity contribution in [1.29, 1.82) is 0 Å². The summed E-state index contributed by atoms with van der Waals surface area (Å²) in [6, 6.07) is 12.3. The number of aromatic nitrogens is 1. The Labute approximate surface area is 217 Å². The number of rotatable bonds is 11. The average Bonchev–Trinajstić information content (AvgIpc) is 2.91. The van der Waals surface area contributed by atoms with Gasteiger partial charge in [-0.25, -0.2) is 4.39 Å². The molecular formula is C29H36ClFN2O3. The van der Waals surface area contributed by atoms with Gasteiger partial charge in [0.2, 0.25) is 0 Å². The predicted molar refractivity (Wildman–Crippen MR) is 142 cm³/mol. The zero-order chi connectivity index (χ0) is 25.5. The van der Waals surface area contributed by atoms with E-state index in [1.54, 1.807) is 13.3 Å². The summed E-state index contributed by atoms with van der Waals surface area (Å²) in [5, 5.41) is 22.7. The van der Waals surface area contributed by atoms with Gasteiger partial charge in [-0.15, -0.1) is 0 Å². The van der Waals surface area contributed by atoms with E-state index in [2.05, 4.69) is 9.88 Å². The maximum absolute atomic E-state index is 13.1. The van der Waals surface area contributed by atoms with Gasteiger partial charge in [0.25, 0.3) is 0 Å². The minimum atomic E-state index is -0.747. The van der Waals surface area contributed by atoms with E-state index in [4.69, 9.17) is 16.3 Å². The van der Waals surface area contributed by atoms with Crippen molar-refractivity contribution < 1.29 is 19.3 Å². The highest BCUT2D eigenvalue weighted by Crippen LogP contribution is 2.40. The Morgan fingerprint density at radius 1 is 1.14 bits per heavy atom. The number of likely N-dealkylation sites (tertiary alicyclic amines) is 1. The molecule has 1 saturated heterocycles. The maximum Gasteiger partial charge on any atom is 0.123 e. The molecule has 36 heavy (non-hydrogen) atoms. The molecule has 0 saturated carbocycles. The van der Waals surface area contributed by atoms with E-state index in [-0.39, 0.29) is 17.8 Å². The lowest BCUT2D eigenvalue weighted by Crippen LogP contribution is -2.42. The standard InChI is InChI=1S/C29H36ClFN2O3/c1-36-23-9-10-26-24(18-23)28(25(30)19-32-26)27(35)11-12-29(20-34)13-16-33(17-14-29)15-3-2-4-21-5-7-22(31)8-6-21/h5-10,18-19,27,34-35H,2-4,11-17,20H2,1H3/t27-/m0/s1. The van der Waals surface area contributed by atoms with Crippen LogP contribution in [0.5, 0.6) is 5.75 Å². The lowest BCUT2D eigenvalue weighted by molar-refractivity contribution is 0.0233. The fourth-order valence-electron chi connectivity index (χ4n) is 5.27. The number of halogens is 2. The Balaban J connectivity index is 1.29. The van der Waals surface area contributed by atoms with Gasteiger partial charge < -0.3 is 19.8 Å². The SMILES string of the molecule is COc1ccc2ncc(Cl)c([C@@H](O)CCC3(CO)CCN(CCCCc4ccc(F)cc4)CC3)c2c1.